The lowest BCUT2D eigenvalue weighted by molar-refractivity contribution is 0.0106. The van der Waals surface area contributed by atoms with Gasteiger partial charge in [0.25, 0.3) is 0 Å². The molecule has 2 atom stereocenters. The Morgan fingerprint density at radius 1 is 1.64 bits per heavy atom. The molecular formula is C6H10FNO3. The van der Waals surface area contributed by atoms with Gasteiger partial charge in [-0.05, 0) is 6.42 Å². The van der Waals surface area contributed by atoms with Crippen molar-refractivity contribution < 1.29 is 19.4 Å². The molecule has 0 bridgehead atoms. The highest BCUT2D eigenvalue weighted by atomic mass is 19.1. The topological polar surface area (TPSA) is 60.8 Å². The van der Waals surface area contributed by atoms with E-state index in [-0.39, 0.29) is 19.5 Å². The number of aliphatic hydroxyl groups is 1. The van der Waals surface area contributed by atoms with Crippen LogP contribution < -0.4 is 0 Å². The van der Waals surface area contributed by atoms with Crippen molar-refractivity contribution in [2.45, 2.75) is 18.7 Å². The maximum atomic E-state index is 12.6. The molecule has 2 N–H and O–H groups in total. The van der Waals surface area contributed by atoms with Gasteiger partial charge in [-0.15, -0.1) is 0 Å². The largest absolute Gasteiger partial charge is 0.465 e. The highest BCUT2D eigenvalue weighted by molar-refractivity contribution is 5.65. The second-order valence-electron chi connectivity index (χ2n) is 2.60. The van der Waals surface area contributed by atoms with E-state index in [0.29, 0.717) is 0 Å². The number of hydrogen-bond donors (Lipinski definition) is 2. The zero-order chi connectivity index (χ0) is 8.43. The summed E-state index contributed by atoms with van der Waals surface area (Å²) in [5.74, 6) is 0. The second kappa shape index (κ2) is 3.04. The maximum absolute atomic E-state index is 12.6. The number of nitrogens with zero attached hydrogens (tertiary/aromatic N) is 1. The molecule has 0 radical (unpaired) electrons. The van der Waals surface area contributed by atoms with Gasteiger partial charge < -0.3 is 15.1 Å². The van der Waals surface area contributed by atoms with Gasteiger partial charge in [-0.2, -0.15) is 0 Å². The molecule has 5 heteroatoms. The van der Waals surface area contributed by atoms with E-state index in [1.807, 2.05) is 0 Å². The second-order valence-corrected chi connectivity index (χ2v) is 2.60. The van der Waals surface area contributed by atoms with Gasteiger partial charge in [-0.25, -0.2) is 9.18 Å². The van der Waals surface area contributed by atoms with Crippen molar-refractivity contribution >= 4 is 6.09 Å². The first kappa shape index (κ1) is 8.26. The van der Waals surface area contributed by atoms with Crippen LogP contribution in [0.4, 0.5) is 9.18 Å². The lowest BCUT2D eigenvalue weighted by atomic mass is 10.1. The number of halogens is 1. The first-order chi connectivity index (χ1) is 5.11. The third-order valence-corrected chi connectivity index (χ3v) is 1.78. The average molecular weight is 163 g/mol. The molecule has 1 heterocycles. The highest BCUT2D eigenvalue weighted by Crippen LogP contribution is 2.13. The van der Waals surface area contributed by atoms with E-state index in [1.165, 1.54) is 0 Å². The minimum absolute atomic E-state index is 0.188. The number of alkyl halides is 1. The Morgan fingerprint density at radius 2 is 2.27 bits per heavy atom. The van der Waals surface area contributed by atoms with Crippen molar-refractivity contribution in [1.29, 1.82) is 0 Å². The summed E-state index contributed by atoms with van der Waals surface area (Å²) >= 11 is 0. The predicted molar refractivity (Wildman–Crippen MR) is 35.1 cm³/mol. The van der Waals surface area contributed by atoms with Gasteiger partial charge >= 0.3 is 6.09 Å². The molecule has 64 valence electrons. The fourth-order valence-electron chi connectivity index (χ4n) is 1.07. The van der Waals surface area contributed by atoms with Crippen molar-refractivity contribution in [1.82, 2.24) is 4.90 Å². The summed E-state index contributed by atoms with van der Waals surface area (Å²) in [5.41, 5.74) is 0. The molecule has 0 unspecified atom stereocenters. The van der Waals surface area contributed by atoms with Gasteiger partial charge in [0.15, 0.2) is 0 Å². The van der Waals surface area contributed by atoms with Crippen LogP contribution in [-0.2, 0) is 0 Å². The molecule has 0 aliphatic carbocycles. The standard InChI is InChI=1S/C6H10FNO3/c7-4-3-8(6(10)11)2-1-5(4)9/h4-5,9H,1-3H2,(H,10,11)/t4-,5-/m0/s1. The first-order valence-electron chi connectivity index (χ1n) is 3.41. The van der Waals surface area contributed by atoms with Gasteiger partial charge in [0.2, 0.25) is 0 Å². The van der Waals surface area contributed by atoms with Gasteiger partial charge in [0.1, 0.15) is 6.17 Å². The number of amides is 1. The molecule has 1 aliphatic heterocycles. The molecule has 11 heavy (non-hydrogen) atoms. The van der Waals surface area contributed by atoms with Crippen LogP contribution in [0, 0.1) is 0 Å². The molecule has 1 amide bonds. The van der Waals surface area contributed by atoms with Crippen molar-refractivity contribution in [3.8, 4) is 0 Å². The Balaban J connectivity index is 2.46. The maximum Gasteiger partial charge on any atom is 0.407 e. The normalized spacial score (nSPS) is 32.0. The fourth-order valence-corrected chi connectivity index (χ4v) is 1.07. The molecule has 0 saturated carbocycles. The summed E-state index contributed by atoms with van der Waals surface area (Å²) in [4.78, 5) is 11.3. The molecule has 0 aromatic rings. The van der Waals surface area contributed by atoms with E-state index in [1.54, 1.807) is 0 Å². The molecule has 1 fully saturated rings. The number of likely N-dealkylation sites (tertiary alicyclic amines) is 1. The molecule has 1 saturated heterocycles. The zero-order valence-corrected chi connectivity index (χ0v) is 5.90. The van der Waals surface area contributed by atoms with Crippen LogP contribution in [0.1, 0.15) is 6.42 Å². The summed E-state index contributed by atoms with van der Waals surface area (Å²) < 4.78 is 12.6. The van der Waals surface area contributed by atoms with Crippen molar-refractivity contribution in [3.63, 3.8) is 0 Å². The summed E-state index contributed by atoms with van der Waals surface area (Å²) in [6.07, 6.45) is -3.36. The molecule has 0 aromatic carbocycles. The Kier molecular flexibility index (Phi) is 2.28. The van der Waals surface area contributed by atoms with Crippen LogP contribution in [0.15, 0.2) is 0 Å². The minimum atomic E-state index is -1.43. The van der Waals surface area contributed by atoms with Gasteiger partial charge in [-0.3, -0.25) is 0 Å². The number of hydrogen-bond acceptors (Lipinski definition) is 2. The van der Waals surface area contributed by atoms with Crippen molar-refractivity contribution in [2.75, 3.05) is 13.1 Å². The molecule has 0 aromatic heterocycles. The zero-order valence-electron chi connectivity index (χ0n) is 5.90. The molecule has 1 aliphatic rings. The van der Waals surface area contributed by atoms with Crippen LogP contribution in [0.5, 0.6) is 0 Å². The van der Waals surface area contributed by atoms with Crippen LogP contribution in [0.2, 0.25) is 0 Å². The van der Waals surface area contributed by atoms with Crippen LogP contribution in [0.25, 0.3) is 0 Å². The Hall–Kier alpha value is -0.840. The van der Waals surface area contributed by atoms with E-state index >= 15 is 0 Å². The summed E-state index contributed by atoms with van der Waals surface area (Å²) in [5, 5.41) is 17.3. The lowest BCUT2D eigenvalue weighted by Gasteiger charge is -2.29. The van der Waals surface area contributed by atoms with Crippen LogP contribution in [0.3, 0.4) is 0 Å². The number of carbonyl (C=O) groups is 1. The van der Waals surface area contributed by atoms with Crippen molar-refractivity contribution in [3.05, 3.63) is 0 Å². The summed E-state index contributed by atoms with van der Waals surface area (Å²) in [7, 11) is 0. The van der Waals surface area contributed by atoms with E-state index in [0.717, 1.165) is 4.90 Å². The van der Waals surface area contributed by atoms with Gasteiger partial charge in [-0.1, -0.05) is 0 Å². The molecule has 4 nitrogen and oxygen atoms in total. The summed E-state index contributed by atoms with van der Waals surface area (Å²) in [6, 6.07) is 0. The highest BCUT2D eigenvalue weighted by Gasteiger charge is 2.29. The Morgan fingerprint density at radius 3 is 2.73 bits per heavy atom. The third-order valence-electron chi connectivity index (χ3n) is 1.78. The predicted octanol–water partition coefficient (Wildman–Crippen LogP) is 0.0691. The van der Waals surface area contributed by atoms with E-state index in [4.69, 9.17) is 10.2 Å². The van der Waals surface area contributed by atoms with Crippen molar-refractivity contribution in [2.24, 2.45) is 0 Å². The average Bonchev–Trinajstić information content (AvgIpc) is 1.94. The Labute approximate surface area is 63.2 Å². The van der Waals surface area contributed by atoms with E-state index in [2.05, 4.69) is 0 Å². The summed E-state index contributed by atoms with van der Waals surface area (Å²) in [6.45, 7) is 0.00736. The number of piperidine rings is 1. The molecule has 1 rings (SSSR count). The number of aliphatic hydroxyl groups excluding tert-OH is 1. The van der Waals surface area contributed by atoms with Crippen LogP contribution in [-0.4, -0.2) is 46.6 Å². The quantitative estimate of drug-likeness (QED) is 0.531. The monoisotopic (exact) mass is 163 g/mol. The lowest BCUT2D eigenvalue weighted by Crippen LogP contribution is -2.46. The fraction of sp³-hybridized carbons (Fsp3) is 0.833. The first-order valence-corrected chi connectivity index (χ1v) is 3.41. The smallest absolute Gasteiger partial charge is 0.407 e. The third kappa shape index (κ3) is 1.80. The van der Waals surface area contributed by atoms with E-state index in [9.17, 15) is 9.18 Å². The van der Waals surface area contributed by atoms with Gasteiger partial charge in [0, 0.05) is 6.54 Å². The Bertz CT molecular complexity index is 164. The van der Waals surface area contributed by atoms with E-state index < -0.39 is 18.4 Å². The minimum Gasteiger partial charge on any atom is -0.465 e. The number of carboxylic acid groups (broad SMARTS) is 1. The SMILES string of the molecule is O=C(O)N1CC[C@H](O)[C@@H](F)C1. The molecule has 0 spiro atoms. The van der Waals surface area contributed by atoms with Crippen LogP contribution >= 0.6 is 0 Å². The number of rotatable bonds is 0. The molecular weight excluding hydrogens is 153 g/mol. The van der Waals surface area contributed by atoms with Gasteiger partial charge in [0.05, 0.1) is 12.6 Å².